The predicted molar refractivity (Wildman–Crippen MR) is 95.3 cm³/mol. The van der Waals surface area contributed by atoms with Gasteiger partial charge in [-0.1, -0.05) is 36.4 Å². The quantitative estimate of drug-likeness (QED) is 0.492. The average Bonchev–Trinajstić information content (AvgIpc) is 3.04. The average molecular weight is 427 g/mol. The topological polar surface area (TPSA) is 99.5 Å². The van der Waals surface area contributed by atoms with Crippen molar-refractivity contribution in [2.24, 2.45) is 0 Å². The molecular formula is C17H12F3N3O5S. The van der Waals surface area contributed by atoms with Gasteiger partial charge in [-0.15, -0.1) is 5.10 Å². The number of benzene rings is 2. The third-order valence-electron chi connectivity index (χ3n) is 3.36. The van der Waals surface area contributed by atoms with Crippen LogP contribution in [0.25, 0.3) is 5.69 Å². The Balaban J connectivity index is 1.91. The SMILES string of the molecule is O=C(Nc1cn(-c2ccccc2)nc1OS(=O)(=O)C(F)(F)F)Oc1ccccc1. The second kappa shape index (κ2) is 7.83. The van der Waals surface area contributed by atoms with Crippen LogP contribution in [0.3, 0.4) is 0 Å². The van der Waals surface area contributed by atoms with Crippen molar-refractivity contribution < 1.29 is 35.3 Å². The van der Waals surface area contributed by atoms with Crippen molar-refractivity contribution in [3.05, 3.63) is 66.9 Å². The second-order valence-corrected chi connectivity index (χ2v) is 6.98. The van der Waals surface area contributed by atoms with E-state index in [1.807, 2.05) is 0 Å². The summed E-state index contributed by atoms with van der Waals surface area (Å²) in [4.78, 5) is 12.0. The van der Waals surface area contributed by atoms with Crippen molar-refractivity contribution in [1.82, 2.24) is 9.78 Å². The molecule has 3 rings (SSSR count). The Morgan fingerprint density at radius 1 is 1.00 bits per heavy atom. The number of rotatable bonds is 5. The highest BCUT2D eigenvalue weighted by Gasteiger charge is 2.49. The minimum atomic E-state index is -6.00. The van der Waals surface area contributed by atoms with Crippen LogP contribution in [-0.4, -0.2) is 29.8 Å². The number of carbonyl (C=O) groups is 1. The fraction of sp³-hybridized carbons (Fsp3) is 0.0588. The van der Waals surface area contributed by atoms with Crippen molar-refractivity contribution in [3.8, 4) is 17.3 Å². The van der Waals surface area contributed by atoms with Gasteiger partial charge >= 0.3 is 21.7 Å². The highest BCUT2D eigenvalue weighted by molar-refractivity contribution is 7.88. The van der Waals surface area contributed by atoms with Crippen LogP contribution in [0.1, 0.15) is 0 Å². The summed E-state index contributed by atoms with van der Waals surface area (Å²) in [7, 11) is -6.00. The van der Waals surface area contributed by atoms with E-state index < -0.39 is 33.3 Å². The summed E-state index contributed by atoms with van der Waals surface area (Å²) in [5.41, 5.74) is -5.74. The Hall–Kier alpha value is -3.54. The number of aromatic nitrogens is 2. The highest BCUT2D eigenvalue weighted by atomic mass is 32.2. The summed E-state index contributed by atoms with van der Waals surface area (Å²) in [6.07, 6.45) is 0.00100. The zero-order chi connectivity index (χ0) is 21.1. The first-order valence-electron chi connectivity index (χ1n) is 7.85. The summed E-state index contributed by atoms with van der Waals surface area (Å²) >= 11 is 0. The molecule has 29 heavy (non-hydrogen) atoms. The number of nitrogens with one attached hydrogen (secondary N) is 1. The summed E-state index contributed by atoms with van der Waals surface area (Å²) < 4.78 is 70.8. The lowest BCUT2D eigenvalue weighted by atomic mass is 10.3. The van der Waals surface area contributed by atoms with Crippen LogP contribution >= 0.6 is 0 Å². The van der Waals surface area contributed by atoms with E-state index in [4.69, 9.17) is 4.74 Å². The molecule has 1 heterocycles. The van der Waals surface area contributed by atoms with E-state index in [0.717, 1.165) is 10.9 Å². The maximum absolute atomic E-state index is 12.7. The smallest absolute Gasteiger partial charge is 0.410 e. The molecule has 0 fully saturated rings. The number of amides is 1. The number of nitrogens with zero attached hydrogens (tertiary/aromatic N) is 2. The number of para-hydroxylation sites is 2. The Morgan fingerprint density at radius 3 is 2.17 bits per heavy atom. The third-order valence-corrected chi connectivity index (χ3v) is 4.31. The molecule has 1 amide bonds. The van der Waals surface area contributed by atoms with Crippen molar-refractivity contribution in [1.29, 1.82) is 0 Å². The molecule has 0 aliphatic heterocycles. The van der Waals surface area contributed by atoms with Gasteiger partial charge in [0.2, 0.25) is 0 Å². The van der Waals surface area contributed by atoms with E-state index in [1.54, 1.807) is 48.5 Å². The summed E-state index contributed by atoms with van der Waals surface area (Å²) in [5, 5.41) is 5.81. The van der Waals surface area contributed by atoms with Crippen LogP contribution in [0.2, 0.25) is 0 Å². The lowest BCUT2D eigenvalue weighted by Gasteiger charge is -2.09. The number of alkyl halides is 3. The van der Waals surface area contributed by atoms with Crippen LogP contribution in [0.4, 0.5) is 23.7 Å². The van der Waals surface area contributed by atoms with Gasteiger partial charge in [-0.3, -0.25) is 5.32 Å². The molecule has 0 aliphatic rings. The Labute approximate surface area is 162 Å². The zero-order valence-corrected chi connectivity index (χ0v) is 15.1. The maximum Gasteiger partial charge on any atom is 0.534 e. The zero-order valence-electron chi connectivity index (χ0n) is 14.3. The van der Waals surface area contributed by atoms with Gasteiger partial charge < -0.3 is 8.92 Å². The van der Waals surface area contributed by atoms with Gasteiger partial charge in [0, 0.05) is 0 Å². The van der Waals surface area contributed by atoms with Gasteiger partial charge in [-0.25, -0.2) is 9.48 Å². The van der Waals surface area contributed by atoms with Gasteiger partial charge in [0.1, 0.15) is 11.4 Å². The lowest BCUT2D eigenvalue weighted by Crippen LogP contribution is -2.28. The molecule has 12 heteroatoms. The molecule has 0 bridgehead atoms. The molecule has 3 aromatic rings. The molecule has 0 atom stereocenters. The van der Waals surface area contributed by atoms with Crippen molar-refractivity contribution in [2.45, 2.75) is 5.51 Å². The van der Waals surface area contributed by atoms with E-state index in [9.17, 15) is 26.4 Å². The Morgan fingerprint density at radius 2 is 1.59 bits per heavy atom. The monoisotopic (exact) mass is 427 g/mol. The Bertz CT molecular complexity index is 1100. The second-order valence-electron chi connectivity index (χ2n) is 5.44. The lowest BCUT2D eigenvalue weighted by molar-refractivity contribution is -0.0501. The molecule has 0 saturated heterocycles. The fourth-order valence-corrected chi connectivity index (χ4v) is 2.53. The summed E-state index contributed by atoms with van der Waals surface area (Å²) in [5.74, 6) is -0.818. The van der Waals surface area contributed by atoms with Crippen LogP contribution in [0.15, 0.2) is 66.9 Å². The summed E-state index contributed by atoms with van der Waals surface area (Å²) in [6, 6.07) is 15.9. The normalized spacial score (nSPS) is 11.7. The number of ether oxygens (including phenoxy) is 1. The molecule has 1 N–H and O–H groups in total. The van der Waals surface area contributed by atoms with Gasteiger partial charge in [-0.2, -0.15) is 21.6 Å². The van der Waals surface area contributed by atoms with Crippen LogP contribution < -0.4 is 14.2 Å². The van der Waals surface area contributed by atoms with E-state index in [0.29, 0.717) is 5.69 Å². The molecule has 0 saturated carbocycles. The first-order valence-corrected chi connectivity index (χ1v) is 9.26. The highest BCUT2D eigenvalue weighted by Crippen LogP contribution is 2.31. The van der Waals surface area contributed by atoms with Gasteiger partial charge in [-0.05, 0) is 24.3 Å². The molecule has 0 aliphatic carbocycles. The van der Waals surface area contributed by atoms with Crippen molar-refractivity contribution >= 4 is 21.9 Å². The Kier molecular flexibility index (Phi) is 5.46. The number of hydrogen-bond acceptors (Lipinski definition) is 6. The van der Waals surface area contributed by atoms with E-state index >= 15 is 0 Å². The van der Waals surface area contributed by atoms with Crippen LogP contribution in [0.5, 0.6) is 11.6 Å². The fourth-order valence-electron chi connectivity index (χ4n) is 2.10. The van der Waals surface area contributed by atoms with E-state index in [-0.39, 0.29) is 5.75 Å². The minimum absolute atomic E-state index is 0.158. The maximum atomic E-state index is 12.7. The molecule has 1 aromatic heterocycles. The van der Waals surface area contributed by atoms with Gasteiger partial charge in [0.25, 0.3) is 5.88 Å². The molecule has 2 aromatic carbocycles. The van der Waals surface area contributed by atoms with Crippen LogP contribution in [0, 0.1) is 0 Å². The van der Waals surface area contributed by atoms with Crippen molar-refractivity contribution in [2.75, 3.05) is 5.32 Å². The molecule has 8 nitrogen and oxygen atoms in total. The first-order chi connectivity index (χ1) is 13.7. The first kappa shape index (κ1) is 20.2. The van der Waals surface area contributed by atoms with Gasteiger partial charge in [0.05, 0.1) is 11.9 Å². The largest absolute Gasteiger partial charge is 0.534 e. The van der Waals surface area contributed by atoms with E-state index in [2.05, 4.69) is 14.6 Å². The van der Waals surface area contributed by atoms with Crippen molar-refractivity contribution in [3.63, 3.8) is 0 Å². The molecular weight excluding hydrogens is 415 g/mol. The molecule has 0 spiro atoms. The van der Waals surface area contributed by atoms with Gasteiger partial charge in [0.15, 0.2) is 0 Å². The minimum Gasteiger partial charge on any atom is -0.410 e. The molecule has 0 unspecified atom stereocenters. The number of halogens is 3. The predicted octanol–water partition coefficient (Wildman–Crippen LogP) is 3.71. The van der Waals surface area contributed by atoms with E-state index in [1.165, 1.54) is 12.1 Å². The number of hydrogen-bond donors (Lipinski definition) is 1. The molecule has 0 radical (unpaired) electrons. The van der Waals surface area contributed by atoms with Crippen LogP contribution in [-0.2, 0) is 10.1 Å². The number of carbonyl (C=O) groups excluding carboxylic acids is 1. The standard InChI is InChI=1S/C17H12F3N3O5S/c18-17(19,20)29(25,26)28-15-14(11-23(22-15)12-7-3-1-4-8-12)21-16(24)27-13-9-5-2-6-10-13/h1-11H,(H,21,24). The number of anilines is 1. The summed E-state index contributed by atoms with van der Waals surface area (Å²) in [6.45, 7) is 0. The molecule has 152 valence electrons. The third kappa shape index (κ3) is 4.85.